The number of anilines is 1. The molecule has 20 heavy (non-hydrogen) atoms. The SMILES string of the molecule is CC(=O)OCC[C@H](C)Nc1ccnc2cc(Cl)ccc12. The summed E-state index contributed by atoms with van der Waals surface area (Å²) in [5.74, 6) is -0.249. The third-order valence-corrected chi connectivity index (χ3v) is 3.20. The van der Waals surface area contributed by atoms with Gasteiger partial charge >= 0.3 is 5.97 Å². The van der Waals surface area contributed by atoms with Crippen LogP contribution in [-0.4, -0.2) is 23.6 Å². The van der Waals surface area contributed by atoms with E-state index in [-0.39, 0.29) is 12.0 Å². The number of nitrogens with one attached hydrogen (secondary N) is 1. The summed E-state index contributed by atoms with van der Waals surface area (Å²) in [4.78, 5) is 15.0. The molecule has 1 aromatic heterocycles. The maximum absolute atomic E-state index is 10.7. The molecule has 0 unspecified atom stereocenters. The second-order valence-electron chi connectivity index (χ2n) is 4.69. The van der Waals surface area contributed by atoms with Gasteiger partial charge in [0.15, 0.2) is 0 Å². The lowest BCUT2D eigenvalue weighted by atomic mass is 10.1. The molecule has 2 aromatic rings. The maximum atomic E-state index is 10.7. The summed E-state index contributed by atoms with van der Waals surface area (Å²) in [5.41, 5.74) is 1.86. The lowest BCUT2D eigenvalue weighted by Gasteiger charge is -2.16. The second kappa shape index (κ2) is 6.57. The van der Waals surface area contributed by atoms with Gasteiger partial charge in [0.1, 0.15) is 0 Å². The van der Waals surface area contributed by atoms with Gasteiger partial charge in [0.05, 0.1) is 12.1 Å². The quantitative estimate of drug-likeness (QED) is 0.855. The van der Waals surface area contributed by atoms with Crippen LogP contribution < -0.4 is 5.32 Å². The molecule has 1 aromatic carbocycles. The Labute approximate surface area is 123 Å². The van der Waals surface area contributed by atoms with Crippen LogP contribution in [0.15, 0.2) is 30.5 Å². The highest BCUT2D eigenvalue weighted by atomic mass is 35.5. The minimum atomic E-state index is -0.249. The van der Waals surface area contributed by atoms with Crippen LogP contribution in [0.3, 0.4) is 0 Å². The number of rotatable bonds is 5. The Kier molecular flexibility index (Phi) is 4.79. The van der Waals surface area contributed by atoms with Gasteiger partial charge in [0, 0.05) is 41.7 Å². The Morgan fingerprint density at radius 2 is 2.25 bits per heavy atom. The molecular weight excluding hydrogens is 276 g/mol. The van der Waals surface area contributed by atoms with Gasteiger partial charge in [0.2, 0.25) is 0 Å². The van der Waals surface area contributed by atoms with E-state index in [2.05, 4.69) is 10.3 Å². The lowest BCUT2D eigenvalue weighted by Crippen LogP contribution is -2.18. The molecule has 1 heterocycles. The Morgan fingerprint density at radius 3 is 3.00 bits per heavy atom. The molecule has 0 saturated carbocycles. The summed E-state index contributed by atoms with van der Waals surface area (Å²) >= 11 is 5.97. The Bertz CT molecular complexity index is 616. The number of halogens is 1. The fraction of sp³-hybridized carbons (Fsp3) is 0.333. The number of ether oxygens (including phenoxy) is 1. The van der Waals surface area contributed by atoms with Crippen LogP contribution in [0.1, 0.15) is 20.3 Å². The average Bonchev–Trinajstić information content (AvgIpc) is 2.38. The van der Waals surface area contributed by atoms with Crippen molar-refractivity contribution in [2.75, 3.05) is 11.9 Å². The maximum Gasteiger partial charge on any atom is 0.302 e. The highest BCUT2D eigenvalue weighted by Crippen LogP contribution is 2.25. The zero-order valence-corrected chi connectivity index (χ0v) is 12.3. The number of pyridine rings is 1. The molecule has 0 aliphatic heterocycles. The number of carbonyl (C=O) groups is 1. The van der Waals surface area contributed by atoms with Crippen LogP contribution in [0.25, 0.3) is 10.9 Å². The van der Waals surface area contributed by atoms with E-state index < -0.39 is 0 Å². The van der Waals surface area contributed by atoms with Crippen molar-refractivity contribution in [1.82, 2.24) is 4.98 Å². The molecule has 0 fully saturated rings. The highest BCUT2D eigenvalue weighted by Gasteiger charge is 2.07. The first-order valence-electron chi connectivity index (χ1n) is 6.50. The van der Waals surface area contributed by atoms with Crippen LogP contribution in [-0.2, 0) is 9.53 Å². The number of carbonyl (C=O) groups excluding carboxylic acids is 1. The van der Waals surface area contributed by atoms with Crippen LogP contribution in [0.4, 0.5) is 5.69 Å². The van der Waals surface area contributed by atoms with E-state index in [0.29, 0.717) is 11.6 Å². The third-order valence-electron chi connectivity index (χ3n) is 2.96. The van der Waals surface area contributed by atoms with Crippen molar-refractivity contribution in [1.29, 1.82) is 0 Å². The molecule has 106 valence electrons. The molecule has 0 spiro atoms. The molecule has 0 radical (unpaired) electrons. The summed E-state index contributed by atoms with van der Waals surface area (Å²) in [7, 11) is 0. The standard InChI is InChI=1S/C15H17ClN2O2/c1-10(6-8-20-11(2)19)18-14-5-7-17-15-9-12(16)3-4-13(14)15/h3-5,7,9-10H,6,8H2,1-2H3,(H,17,18)/t10-/m0/s1. The Hall–Kier alpha value is -1.81. The average molecular weight is 293 g/mol. The van der Waals surface area contributed by atoms with Crippen molar-refractivity contribution in [3.8, 4) is 0 Å². The van der Waals surface area contributed by atoms with E-state index >= 15 is 0 Å². The van der Waals surface area contributed by atoms with E-state index in [9.17, 15) is 4.79 Å². The zero-order chi connectivity index (χ0) is 14.5. The zero-order valence-electron chi connectivity index (χ0n) is 11.5. The van der Waals surface area contributed by atoms with Crippen molar-refractivity contribution in [2.45, 2.75) is 26.3 Å². The predicted molar refractivity (Wildman–Crippen MR) is 81.1 cm³/mol. The second-order valence-corrected chi connectivity index (χ2v) is 5.13. The van der Waals surface area contributed by atoms with Crippen molar-refractivity contribution in [2.24, 2.45) is 0 Å². The van der Waals surface area contributed by atoms with Gasteiger partial charge in [-0.2, -0.15) is 0 Å². The normalized spacial score (nSPS) is 12.2. The number of hydrogen-bond donors (Lipinski definition) is 1. The number of fused-ring (bicyclic) bond motifs is 1. The van der Waals surface area contributed by atoms with Gasteiger partial charge in [-0.15, -0.1) is 0 Å². The highest BCUT2D eigenvalue weighted by molar-refractivity contribution is 6.31. The molecule has 1 atom stereocenters. The number of nitrogens with zero attached hydrogens (tertiary/aromatic N) is 1. The number of hydrogen-bond acceptors (Lipinski definition) is 4. The molecule has 0 aliphatic carbocycles. The molecule has 2 rings (SSSR count). The molecule has 0 saturated heterocycles. The number of esters is 1. The third kappa shape index (κ3) is 3.84. The lowest BCUT2D eigenvalue weighted by molar-refractivity contribution is -0.141. The minimum absolute atomic E-state index is 0.190. The number of benzene rings is 1. The molecule has 1 N–H and O–H groups in total. The van der Waals surface area contributed by atoms with E-state index in [1.54, 1.807) is 6.20 Å². The van der Waals surface area contributed by atoms with Gasteiger partial charge in [-0.1, -0.05) is 11.6 Å². The first-order valence-corrected chi connectivity index (χ1v) is 6.88. The molecule has 0 amide bonds. The van der Waals surface area contributed by atoms with Gasteiger partial charge < -0.3 is 10.1 Å². The van der Waals surface area contributed by atoms with E-state index in [4.69, 9.17) is 16.3 Å². The fourth-order valence-electron chi connectivity index (χ4n) is 1.96. The monoisotopic (exact) mass is 292 g/mol. The van der Waals surface area contributed by atoms with Crippen molar-refractivity contribution < 1.29 is 9.53 Å². The van der Waals surface area contributed by atoms with Crippen LogP contribution in [0.5, 0.6) is 0 Å². The molecular formula is C15H17ClN2O2. The predicted octanol–water partition coefficient (Wildman–Crippen LogP) is 3.64. The van der Waals surface area contributed by atoms with Gasteiger partial charge in [-0.25, -0.2) is 0 Å². The van der Waals surface area contributed by atoms with E-state index in [1.165, 1.54) is 6.92 Å². The Morgan fingerprint density at radius 1 is 1.45 bits per heavy atom. The smallest absolute Gasteiger partial charge is 0.302 e. The first-order chi connectivity index (χ1) is 9.56. The minimum Gasteiger partial charge on any atom is -0.466 e. The summed E-state index contributed by atoms with van der Waals surface area (Å²) in [6.45, 7) is 3.88. The topological polar surface area (TPSA) is 51.2 Å². The fourth-order valence-corrected chi connectivity index (χ4v) is 2.13. The Balaban J connectivity index is 2.07. The molecule has 0 aliphatic rings. The molecule has 0 bridgehead atoms. The first kappa shape index (κ1) is 14.6. The molecule has 4 nitrogen and oxygen atoms in total. The van der Waals surface area contributed by atoms with Crippen LogP contribution >= 0.6 is 11.6 Å². The summed E-state index contributed by atoms with van der Waals surface area (Å²) in [6, 6.07) is 7.76. The van der Waals surface area contributed by atoms with E-state index in [1.807, 2.05) is 31.2 Å². The van der Waals surface area contributed by atoms with Crippen molar-refractivity contribution in [3.05, 3.63) is 35.5 Å². The summed E-state index contributed by atoms with van der Waals surface area (Å²) < 4.78 is 4.94. The molecule has 5 heteroatoms. The van der Waals surface area contributed by atoms with E-state index in [0.717, 1.165) is 23.0 Å². The van der Waals surface area contributed by atoms with Crippen molar-refractivity contribution in [3.63, 3.8) is 0 Å². The van der Waals surface area contributed by atoms with Crippen molar-refractivity contribution >= 4 is 34.2 Å². The van der Waals surface area contributed by atoms with Gasteiger partial charge in [-0.3, -0.25) is 9.78 Å². The summed E-state index contributed by atoms with van der Waals surface area (Å²) in [5, 5.41) is 5.10. The summed E-state index contributed by atoms with van der Waals surface area (Å²) in [6.07, 6.45) is 2.50. The van der Waals surface area contributed by atoms with Gasteiger partial charge in [-0.05, 0) is 31.2 Å². The van der Waals surface area contributed by atoms with Gasteiger partial charge in [0.25, 0.3) is 0 Å². The van der Waals surface area contributed by atoms with Crippen LogP contribution in [0.2, 0.25) is 5.02 Å². The van der Waals surface area contributed by atoms with Crippen LogP contribution in [0, 0.1) is 0 Å². The number of aromatic nitrogens is 1. The largest absolute Gasteiger partial charge is 0.466 e.